The van der Waals surface area contributed by atoms with E-state index in [-0.39, 0.29) is 50.4 Å². The number of aliphatic hydroxyl groups excluding tert-OH is 4. The third kappa shape index (κ3) is 22.2. The predicted molar refractivity (Wildman–Crippen MR) is 304 cm³/mol. The Bertz CT molecular complexity index is 2810. The lowest BCUT2D eigenvalue weighted by Crippen LogP contribution is -2.63. The molecule has 2 aromatic carbocycles. The van der Waals surface area contributed by atoms with Crippen molar-refractivity contribution in [3.05, 3.63) is 71.9 Å². The molecule has 3 aromatic rings. The summed E-state index contributed by atoms with van der Waals surface area (Å²) in [5.74, 6) is -11.1. The second kappa shape index (κ2) is 34.3. The number of aliphatic hydroxyl groups is 4. The number of carbonyl (C=O) groups is 12. The van der Waals surface area contributed by atoms with E-state index in [0.29, 0.717) is 41.4 Å². The van der Waals surface area contributed by atoms with Crippen LogP contribution >= 0.6 is 0 Å². The molecule has 1 aliphatic heterocycles. The molecule has 85 heavy (non-hydrogen) atoms. The largest absolute Gasteiger partial charge is 0.394 e. The molecule has 466 valence electrons. The normalized spacial score (nSPS) is 16.4. The Kier molecular flexibility index (Phi) is 27.8. The zero-order valence-corrected chi connectivity index (χ0v) is 47.7. The van der Waals surface area contributed by atoms with E-state index in [0.717, 1.165) is 6.92 Å². The lowest BCUT2D eigenvalue weighted by molar-refractivity contribution is -0.138. The summed E-state index contributed by atoms with van der Waals surface area (Å²) < 4.78 is 0. The number of rotatable bonds is 35. The molecule has 0 unspecified atom stereocenters. The number of primary amides is 1. The highest BCUT2D eigenvalue weighted by Crippen LogP contribution is 2.20. The minimum absolute atomic E-state index is 0.0933. The topological polar surface area (TPSA) is 486 Å². The number of hydrogen-bond acceptors (Lipinski definition) is 17. The number of H-pyrrole nitrogens is 1. The van der Waals surface area contributed by atoms with Crippen molar-refractivity contribution in [1.82, 2.24) is 63.5 Å². The minimum Gasteiger partial charge on any atom is -0.394 e. The van der Waals surface area contributed by atoms with Gasteiger partial charge >= 0.3 is 0 Å². The third-order valence-electron chi connectivity index (χ3n) is 13.6. The molecular weight excluding hydrogens is 1110 g/mol. The highest BCUT2D eigenvalue weighted by Gasteiger charge is 2.38. The fraction of sp³-hybridized carbons (Fsp3) is 0.527. The van der Waals surface area contributed by atoms with Crippen molar-refractivity contribution >= 4 is 81.8 Å². The molecule has 4 rings (SSSR count). The van der Waals surface area contributed by atoms with E-state index in [9.17, 15) is 78.0 Å². The molecule has 1 aliphatic rings. The summed E-state index contributed by atoms with van der Waals surface area (Å²) in [6, 6.07) is 1.54. The SMILES string of the molecule is CC(C)C[C@H](NC(=O)[C@@H]1CCC(=O)N1)C(=O)N[C@H](C(=O)N[C@@H](Cc1ccccc1)C(=O)N[C@H](C(=O)N[C@@H](CO)C(=O)N[C@@H](CO)C(=O)N[C@@H](Cc1c[nH]c2ccccc12)C(=O)NCC(=O)NCC(=O)N[C@@H](CCCCN)C(N)=O)[C@@H](C)O)[C@@H](C)O. The summed E-state index contributed by atoms with van der Waals surface area (Å²) in [7, 11) is 0. The first-order valence-corrected chi connectivity index (χ1v) is 27.8. The molecule has 1 saturated heterocycles. The number of amides is 12. The van der Waals surface area contributed by atoms with Crippen LogP contribution < -0.4 is 70.0 Å². The molecule has 0 saturated carbocycles. The van der Waals surface area contributed by atoms with Gasteiger partial charge in [0, 0.05) is 36.4 Å². The number of unbranched alkanes of at least 4 members (excludes halogenated alkanes) is 1. The first-order valence-electron chi connectivity index (χ1n) is 27.8. The number of aromatic amines is 1. The number of hydrogen-bond donors (Lipinski definition) is 18. The van der Waals surface area contributed by atoms with Gasteiger partial charge in [0.2, 0.25) is 70.9 Å². The van der Waals surface area contributed by atoms with Crippen LogP contribution in [0.4, 0.5) is 0 Å². The van der Waals surface area contributed by atoms with E-state index < -0.39 is 158 Å². The molecule has 30 heteroatoms. The molecule has 0 bridgehead atoms. The molecular formula is C55H80N14O16. The Morgan fingerprint density at radius 2 is 1.12 bits per heavy atom. The molecule has 12 amide bonds. The maximum Gasteiger partial charge on any atom is 0.245 e. The maximum atomic E-state index is 14.2. The molecule has 20 N–H and O–H groups in total. The Balaban J connectivity index is 1.45. The average Bonchev–Trinajstić information content (AvgIpc) is 3.47. The van der Waals surface area contributed by atoms with E-state index in [1.807, 2.05) is 0 Å². The van der Waals surface area contributed by atoms with E-state index in [2.05, 4.69) is 63.5 Å². The van der Waals surface area contributed by atoms with Gasteiger partial charge in [-0.3, -0.25) is 57.5 Å². The quantitative estimate of drug-likeness (QED) is 0.0244. The number of nitrogens with two attached hydrogens (primary N) is 2. The van der Waals surface area contributed by atoms with Crippen LogP contribution in [-0.2, 0) is 70.4 Å². The number of benzene rings is 2. The average molecular weight is 1190 g/mol. The number of aromatic nitrogens is 1. The van der Waals surface area contributed by atoms with Crippen molar-refractivity contribution in [2.24, 2.45) is 17.4 Å². The maximum absolute atomic E-state index is 14.2. The van der Waals surface area contributed by atoms with Crippen LogP contribution in [0.5, 0.6) is 0 Å². The zero-order chi connectivity index (χ0) is 62.9. The second-order valence-corrected chi connectivity index (χ2v) is 21.0. The van der Waals surface area contributed by atoms with E-state index in [4.69, 9.17) is 11.5 Å². The number of fused-ring (bicyclic) bond motifs is 1. The molecule has 0 radical (unpaired) electrons. The van der Waals surface area contributed by atoms with Crippen molar-refractivity contribution in [3.8, 4) is 0 Å². The first-order chi connectivity index (χ1) is 40.3. The standard InChI is InChI=1S/C55H80N14O16/c1-28(2)20-37(63-49(79)36-17-18-42(74)62-36)50(80)68-45(29(3)72)54(84)65-38(21-31-12-6-5-7-13-31)51(81)69-46(30(4)73)55(85)67-41(27-71)53(83)66-40(26-70)52(82)64-39(22-32-23-58-34-15-9-8-14-33(32)34)48(78)60-24-43(75)59-25-44(76)61-35(47(57)77)16-10-11-19-56/h5-9,12-15,23,28-30,35-41,45-46,58,70-73H,10-11,16-22,24-27,56H2,1-4H3,(H2,57,77)(H,59,75)(H,60,78)(H,61,76)(H,62,74)(H,63,79)(H,64,82)(H,65,84)(H,66,83)(H,67,85)(H,68,80)(H,69,81)/t29-,30-,35+,36+,37+,38+,39+,40+,41+,45+,46+/m1/s1. The van der Waals surface area contributed by atoms with Crippen molar-refractivity contribution in [2.75, 3.05) is 32.8 Å². The Hall–Kier alpha value is -8.58. The highest BCUT2D eigenvalue weighted by atomic mass is 16.3. The first kappa shape index (κ1) is 68.9. The van der Waals surface area contributed by atoms with Gasteiger partial charge < -0.3 is 95.4 Å². The number of carbonyl (C=O) groups excluding carboxylic acids is 12. The van der Waals surface area contributed by atoms with Gasteiger partial charge in [0.05, 0.1) is 38.5 Å². The van der Waals surface area contributed by atoms with E-state index in [1.165, 1.54) is 6.92 Å². The van der Waals surface area contributed by atoms with Crippen LogP contribution in [-0.4, -0.2) is 196 Å². The lowest BCUT2D eigenvalue weighted by Gasteiger charge is -2.29. The van der Waals surface area contributed by atoms with Gasteiger partial charge in [0.15, 0.2) is 0 Å². The van der Waals surface area contributed by atoms with Crippen LogP contribution in [0, 0.1) is 5.92 Å². The fourth-order valence-corrected chi connectivity index (χ4v) is 8.90. The van der Waals surface area contributed by atoms with Crippen LogP contribution in [0.15, 0.2) is 60.8 Å². The summed E-state index contributed by atoms with van der Waals surface area (Å²) in [5, 5.41) is 69.2. The summed E-state index contributed by atoms with van der Waals surface area (Å²) in [6.45, 7) is 2.68. The Labute approximate surface area is 489 Å². The van der Waals surface area contributed by atoms with Gasteiger partial charge in [0.25, 0.3) is 0 Å². The number of nitrogens with one attached hydrogen (secondary N) is 12. The smallest absolute Gasteiger partial charge is 0.245 e. The van der Waals surface area contributed by atoms with Crippen LogP contribution in [0.25, 0.3) is 10.9 Å². The monoisotopic (exact) mass is 1190 g/mol. The van der Waals surface area contributed by atoms with Crippen LogP contribution in [0.3, 0.4) is 0 Å². The lowest BCUT2D eigenvalue weighted by atomic mass is 10.0. The van der Waals surface area contributed by atoms with Crippen LogP contribution in [0.2, 0.25) is 0 Å². The third-order valence-corrected chi connectivity index (χ3v) is 13.6. The summed E-state index contributed by atoms with van der Waals surface area (Å²) >= 11 is 0. The van der Waals surface area contributed by atoms with Gasteiger partial charge in [-0.1, -0.05) is 62.4 Å². The van der Waals surface area contributed by atoms with Gasteiger partial charge in [-0.25, -0.2) is 0 Å². The summed E-state index contributed by atoms with van der Waals surface area (Å²) in [6.07, 6.45) is -0.493. The molecule has 0 aliphatic carbocycles. The molecule has 2 heterocycles. The number of para-hydroxylation sites is 1. The molecule has 1 aromatic heterocycles. The van der Waals surface area contributed by atoms with E-state index >= 15 is 0 Å². The van der Waals surface area contributed by atoms with Gasteiger partial charge in [-0.2, -0.15) is 0 Å². The minimum atomic E-state index is -1.92. The Morgan fingerprint density at radius 1 is 0.588 bits per heavy atom. The molecule has 11 atom stereocenters. The van der Waals surface area contributed by atoms with Crippen molar-refractivity contribution < 1.29 is 78.0 Å². The van der Waals surface area contributed by atoms with Gasteiger partial charge in [0.1, 0.15) is 54.4 Å². The van der Waals surface area contributed by atoms with Crippen molar-refractivity contribution in [3.63, 3.8) is 0 Å². The molecule has 1 fully saturated rings. The summed E-state index contributed by atoms with van der Waals surface area (Å²) in [4.78, 5) is 162. The molecule has 30 nitrogen and oxygen atoms in total. The summed E-state index contributed by atoms with van der Waals surface area (Å²) in [5.41, 5.74) is 12.6. The molecule has 0 spiro atoms. The van der Waals surface area contributed by atoms with E-state index in [1.54, 1.807) is 74.6 Å². The fourth-order valence-electron chi connectivity index (χ4n) is 8.90. The Morgan fingerprint density at radius 3 is 1.67 bits per heavy atom. The predicted octanol–water partition coefficient (Wildman–Crippen LogP) is -6.25. The van der Waals surface area contributed by atoms with Crippen molar-refractivity contribution in [2.45, 2.75) is 146 Å². The van der Waals surface area contributed by atoms with Crippen LogP contribution in [0.1, 0.15) is 77.3 Å². The highest BCUT2D eigenvalue weighted by molar-refractivity contribution is 5.99. The van der Waals surface area contributed by atoms with Crippen molar-refractivity contribution in [1.29, 1.82) is 0 Å². The zero-order valence-electron chi connectivity index (χ0n) is 47.7. The van der Waals surface area contributed by atoms with Gasteiger partial charge in [-0.15, -0.1) is 0 Å². The second-order valence-electron chi connectivity index (χ2n) is 21.0. The van der Waals surface area contributed by atoms with Gasteiger partial charge in [-0.05, 0) is 75.6 Å².